The van der Waals surface area contributed by atoms with Crippen LogP contribution in [0.4, 0.5) is 4.79 Å². The molecule has 24 heavy (non-hydrogen) atoms. The molecule has 1 atom stereocenters. The molecule has 1 aliphatic heterocycles. The van der Waals surface area contributed by atoms with Crippen LogP contribution in [-0.4, -0.2) is 36.6 Å². The number of nitrogens with one attached hydrogen (secondary N) is 2. The Hall–Kier alpha value is -1.55. The van der Waals surface area contributed by atoms with Crippen molar-refractivity contribution in [1.29, 1.82) is 0 Å². The lowest BCUT2D eigenvalue weighted by molar-refractivity contribution is 0.161. The van der Waals surface area contributed by atoms with Gasteiger partial charge in [-0.3, -0.25) is 4.90 Å². The molecule has 1 aromatic carbocycles. The van der Waals surface area contributed by atoms with Gasteiger partial charge in [-0.2, -0.15) is 0 Å². The summed E-state index contributed by atoms with van der Waals surface area (Å²) in [5.74, 6) is 0.711. The predicted molar refractivity (Wildman–Crippen MR) is 97.9 cm³/mol. The lowest BCUT2D eigenvalue weighted by Gasteiger charge is -2.37. The molecular formula is C20H31N3O. The first kappa shape index (κ1) is 17.3. The van der Waals surface area contributed by atoms with Gasteiger partial charge in [0.15, 0.2) is 0 Å². The van der Waals surface area contributed by atoms with Crippen LogP contribution < -0.4 is 10.6 Å². The third-order valence-corrected chi connectivity index (χ3v) is 5.25. The average molecular weight is 329 g/mol. The van der Waals surface area contributed by atoms with Gasteiger partial charge in [-0.05, 0) is 41.7 Å². The monoisotopic (exact) mass is 329 g/mol. The van der Waals surface area contributed by atoms with Gasteiger partial charge in [-0.25, -0.2) is 4.79 Å². The molecule has 2 aliphatic rings. The summed E-state index contributed by atoms with van der Waals surface area (Å²) in [5.41, 5.74) is 2.93. The van der Waals surface area contributed by atoms with E-state index in [0.29, 0.717) is 5.92 Å². The number of carbonyl (C=O) groups is 1. The quantitative estimate of drug-likeness (QED) is 0.871. The van der Waals surface area contributed by atoms with Gasteiger partial charge in [-0.15, -0.1) is 0 Å². The fourth-order valence-electron chi connectivity index (χ4n) is 3.27. The van der Waals surface area contributed by atoms with Crippen LogP contribution in [0.2, 0.25) is 0 Å². The summed E-state index contributed by atoms with van der Waals surface area (Å²) in [4.78, 5) is 14.7. The van der Waals surface area contributed by atoms with E-state index >= 15 is 0 Å². The van der Waals surface area contributed by atoms with Crippen molar-refractivity contribution < 1.29 is 4.79 Å². The minimum atomic E-state index is -0.0146. The molecule has 2 N–H and O–H groups in total. The zero-order valence-corrected chi connectivity index (χ0v) is 15.3. The minimum Gasteiger partial charge on any atom is -0.338 e. The molecule has 2 amide bonds. The molecule has 0 aromatic heterocycles. The zero-order chi connectivity index (χ0) is 17.2. The molecule has 0 saturated heterocycles. The van der Waals surface area contributed by atoms with Crippen LogP contribution in [-0.2, 0) is 13.0 Å². The molecule has 0 spiro atoms. The molecular weight excluding hydrogens is 298 g/mol. The highest BCUT2D eigenvalue weighted by Crippen LogP contribution is 2.27. The maximum absolute atomic E-state index is 12.2. The molecule has 0 bridgehead atoms. The van der Waals surface area contributed by atoms with Crippen molar-refractivity contribution in [2.45, 2.75) is 52.6 Å². The minimum absolute atomic E-state index is 0.0146. The Labute approximate surface area is 146 Å². The van der Waals surface area contributed by atoms with Gasteiger partial charge in [0.2, 0.25) is 0 Å². The molecule has 1 fully saturated rings. The van der Waals surface area contributed by atoms with Gasteiger partial charge >= 0.3 is 6.03 Å². The van der Waals surface area contributed by atoms with Crippen LogP contribution in [0.25, 0.3) is 0 Å². The van der Waals surface area contributed by atoms with Crippen molar-refractivity contribution in [2.75, 3.05) is 19.6 Å². The van der Waals surface area contributed by atoms with Crippen LogP contribution >= 0.6 is 0 Å². The molecule has 3 rings (SSSR count). The van der Waals surface area contributed by atoms with Crippen molar-refractivity contribution in [1.82, 2.24) is 15.5 Å². The second kappa shape index (κ2) is 7.14. The number of amides is 2. The summed E-state index contributed by atoms with van der Waals surface area (Å²) in [6.45, 7) is 10.4. The van der Waals surface area contributed by atoms with E-state index in [4.69, 9.17) is 0 Å². The number of rotatable bonds is 5. The van der Waals surface area contributed by atoms with E-state index in [1.54, 1.807) is 0 Å². The van der Waals surface area contributed by atoms with Gasteiger partial charge in [0.25, 0.3) is 0 Å². The topological polar surface area (TPSA) is 44.4 Å². The van der Waals surface area contributed by atoms with Gasteiger partial charge in [0.1, 0.15) is 0 Å². The third-order valence-electron chi connectivity index (χ3n) is 5.25. The first-order valence-corrected chi connectivity index (χ1v) is 9.25. The van der Waals surface area contributed by atoms with Crippen LogP contribution in [0.1, 0.15) is 44.7 Å². The Balaban J connectivity index is 1.57. The lowest BCUT2D eigenvalue weighted by Crippen LogP contribution is -2.54. The Kier molecular flexibility index (Phi) is 5.14. The molecule has 1 heterocycles. The number of hydrogen-bond acceptors (Lipinski definition) is 2. The van der Waals surface area contributed by atoms with Crippen molar-refractivity contribution in [3.05, 3.63) is 35.4 Å². The van der Waals surface area contributed by atoms with E-state index in [0.717, 1.165) is 32.6 Å². The van der Waals surface area contributed by atoms with Gasteiger partial charge < -0.3 is 10.6 Å². The van der Waals surface area contributed by atoms with Crippen molar-refractivity contribution in [3.8, 4) is 0 Å². The van der Waals surface area contributed by atoms with Crippen molar-refractivity contribution in [2.24, 2.45) is 11.3 Å². The molecule has 4 nitrogen and oxygen atoms in total. The second-order valence-corrected chi connectivity index (χ2v) is 8.47. The number of nitrogens with zero attached hydrogens (tertiary/aromatic N) is 1. The van der Waals surface area contributed by atoms with E-state index in [-0.39, 0.29) is 17.5 Å². The maximum atomic E-state index is 12.2. The fourth-order valence-corrected chi connectivity index (χ4v) is 3.27. The van der Waals surface area contributed by atoms with E-state index in [2.05, 4.69) is 60.6 Å². The SMILES string of the molecule is CC(C)(C)[C@H](CN1CCc2ccccc2C1)NC(=O)NCC1CC1. The molecule has 1 aliphatic carbocycles. The van der Waals surface area contributed by atoms with Crippen molar-refractivity contribution in [3.63, 3.8) is 0 Å². The number of benzene rings is 1. The molecule has 0 unspecified atom stereocenters. The van der Waals surface area contributed by atoms with E-state index in [9.17, 15) is 4.79 Å². The van der Waals surface area contributed by atoms with Gasteiger partial charge in [0.05, 0.1) is 0 Å². The molecule has 132 valence electrons. The zero-order valence-electron chi connectivity index (χ0n) is 15.3. The molecule has 1 saturated carbocycles. The highest BCUT2D eigenvalue weighted by molar-refractivity contribution is 5.74. The van der Waals surface area contributed by atoms with Crippen LogP contribution in [0.3, 0.4) is 0 Å². The number of urea groups is 1. The largest absolute Gasteiger partial charge is 0.338 e. The second-order valence-electron chi connectivity index (χ2n) is 8.47. The van der Waals surface area contributed by atoms with E-state index in [1.165, 1.54) is 24.0 Å². The predicted octanol–water partition coefficient (Wildman–Crippen LogP) is 3.17. The average Bonchev–Trinajstić information content (AvgIpc) is 3.35. The summed E-state index contributed by atoms with van der Waals surface area (Å²) < 4.78 is 0. The Morgan fingerprint density at radius 3 is 2.62 bits per heavy atom. The Bertz CT molecular complexity index is 574. The first-order chi connectivity index (χ1) is 11.4. The van der Waals surface area contributed by atoms with Gasteiger partial charge in [0, 0.05) is 32.2 Å². The van der Waals surface area contributed by atoms with Crippen LogP contribution in [0, 0.1) is 11.3 Å². The molecule has 4 heteroatoms. The highest BCUT2D eigenvalue weighted by Gasteiger charge is 2.30. The fraction of sp³-hybridized carbons (Fsp3) is 0.650. The first-order valence-electron chi connectivity index (χ1n) is 9.25. The van der Waals surface area contributed by atoms with Gasteiger partial charge in [-0.1, -0.05) is 45.0 Å². The van der Waals surface area contributed by atoms with Crippen LogP contribution in [0.5, 0.6) is 0 Å². The maximum Gasteiger partial charge on any atom is 0.315 e. The summed E-state index contributed by atoms with van der Waals surface area (Å²) in [7, 11) is 0. The third kappa shape index (κ3) is 4.73. The summed E-state index contributed by atoms with van der Waals surface area (Å²) in [6, 6.07) is 8.83. The standard InChI is InChI=1S/C20H31N3O/c1-20(2,3)18(22-19(24)21-12-15-8-9-15)14-23-11-10-16-6-4-5-7-17(16)13-23/h4-7,15,18H,8-14H2,1-3H3,(H2,21,22,24)/t18-/m0/s1. The Morgan fingerprint density at radius 2 is 1.96 bits per heavy atom. The normalized spacial score (nSPS) is 19.5. The summed E-state index contributed by atoms with van der Waals surface area (Å²) in [6.07, 6.45) is 3.62. The van der Waals surface area contributed by atoms with Crippen LogP contribution in [0.15, 0.2) is 24.3 Å². The molecule has 0 radical (unpaired) electrons. The highest BCUT2D eigenvalue weighted by atomic mass is 16.2. The van der Waals surface area contributed by atoms with E-state index in [1.807, 2.05) is 0 Å². The number of hydrogen-bond donors (Lipinski definition) is 2. The Morgan fingerprint density at radius 1 is 1.25 bits per heavy atom. The summed E-state index contributed by atoms with van der Waals surface area (Å²) >= 11 is 0. The lowest BCUT2D eigenvalue weighted by atomic mass is 9.86. The number of carbonyl (C=O) groups excluding carboxylic acids is 1. The smallest absolute Gasteiger partial charge is 0.315 e. The van der Waals surface area contributed by atoms with Crippen molar-refractivity contribution >= 4 is 6.03 Å². The molecule has 1 aromatic rings. The number of fused-ring (bicyclic) bond motifs is 1. The van der Waals surface area contributed by atoms with E-state index < -0.39 is 0 Å². The summed E-state index contributed by atoms with van der Waals surface area (Å²) in [5, 5.41) is 6.25.